The number of anilines is 1. The number of rotatable bonds is 6. The Kier molecular flexibility index (Phi) is 5.36. The first-order valence-corrected chi connectivity index (χ1v) is 9.03. The van der Waals surface area contributed by atoms with Crippen LogP contribution in [0.4, 0.5) is 5.82 Å². The number of ether oxygens (including phenoxy) is 1. The molecule has 0 amide bonds. The lowest BCUT2D eigenvalue weighted by Crippen LogP contribution is -2.41. The van der Waals surface area contributed by atoms with E-state index in [0.29, 0.717) is 18.3 Å². The quantitative estimate of drug-likeness (QED) is 0.711. The molecule has 1 aliphatic heterocycles. The normalized spacial score (nSPS) is 16.2. The van der Waals surface area contributed by atoms with Crippen molar-refractivity contribution in [1.29, 1.82) is 0 Å². The topological polar surface area (TPSA) is 89.2 Å². The Morgan fingerprint density at radius 3 is 2.78 bits per heavy atom. The Bertz CT molecular complexity index is 863. The molecule has 3 aromatic rings. The van der Waals surface area contributed by atoms with Gasteiger partial charge in [-0.25, -0.2) is 4.98 Å². The molecule has 8 heteroatoms. The van der Waals surface area contributed by atoms with Crippen molar-refractivity contribution in [3.8, 4) is 11.5 Å². The first kappa shape index (κ1) is 17.6. The highest BCUT2D eigenvalue weighted by Gasteiger charge is 2.23. The number of aromatic nitrogens is 4. The predicted molar refractivity (Wildman–Crippen MR) is 100 cm³/mol. The molecule has 4 heterocycles. The number of nitrogens with zero attached hydrogens (tertiary/aromatic N) is 5. The van der Waals surface area contributed by atoms with Crippen LogP contribution in [0.3, 0.4) is 0 Å². The van der Waals surface area contributed by atoms with E-state index in [0.717, 1.165) is 43.4 Å². The van der Waals surface area contributed by atoms with Crippen LogP contribution in [0.2, 0.25) is 0 Å². The Morgan fingerprint density at radius 1 is 1.15 bits per heavy atom. The molecule has 0 saturated carbocycles. The highest BCUT2D eigenvalue weighted by Crippen LogP contribution is 2.23. The second-order valence-electron chi connectivity index (χ2n) is 6.38. The van der Waals surface area contributed by atoms with E-state index < -0.39 is 0 Å². The fraction of sp³-hybridized carbons (Fsp3) is 0.368. The van der Waals surface area contributed by atoms with Crippen molar-refractivity contribution in [3.05, 3.63) is 54.2 Å². The van der Waals surface area contributed by atoms with E-state index >= 15 is 0 Å². The minimum Gasteiger partial charge on any atom is -0.379 e. The van der Waals surface area contributed by atoms with Crippen LogP contribution in [0.5, 0.6) is 0 Å². The van der Waals surface area contributed by atoms with Gasteiger partial charge in [-0.15, -0.1) is 0 Å². The molecule has 0 radical (unpaired) electrons. The summed E-state index contributed by atoms with van der Waals surface area (Å²) in [4.78, 5) is 15.6. The summed E-state index contributed by atoms with van der Waals surface area (Å²) in [7, 11) is 0. The summed E-state index contributed by atoms with van der Waals surface area (Å²) < 4.78 is 10.7. The number of nitrogens with one attached hydrogen (secondary N) is 1. The molecular formula is C19H22N6O2. The summed E-state index contributed by atoms with van der Waals surface area (Å²) in [6.07, 6.45) is 3.57. The maximum absolute atomic E-state index is 5.50. The first-order valence-electron chi connectivity index (χ1n) is 9.03. The van der Waals surface area contributed by atoms with Gasteiger partial charge in [-0.3, -0.25) is 9.88 Å². The fourth-order valence-electron chi connectivity index (χ4n) is 3.16. The van der Waals surface area contributed by atoms with E-state index in [1.54, 1.807) is 13.1 Å². The summed E-state index contributed by atoms with van der Waals surface area (Å²) in [6.45, 7) is 5.75. The van der Waals surface area contributed by atoms with Crippen molar-refractivity contribution in [2.45, 2.75) is 13.0 Å². The molecule has 0 bridgehead atoms. The van der Waals surface area contributed by atoms with Crippen LogP contribution in [0, 0.1) is 6.92 Å². The highest BCUT2D eigenvalue weighted by molar-refractivity contribution is 5.57. The summed E-state index contributed by atoms with van der Waals surface area (Å²) in [6, 6.07) is 9.94. The fourth-order valence-corrected chi connectivity index (χ4v) is 3.16. The molecule has 0 aliphatic carbocycles. The third-order valence-electron chi connectivity index (χ3n) is 4.53. The van der Waals surface area contributed by atoms with Gasteiger partial charge in [-0.05, 0) is 31.2 Å². The number of morpholine rings is 1. The lowest BCUT2D eigenvalue weighted by molar-refractivity contribution is 0.0179. The van der Waals surface area contributed by atoms with Gasteiger partial charge < -0.3 is 14.6 Å². The van der Waals surface area contributed by atoms with E-state index in [-0.39, 0.29) is 6.04 Å². The summed E-state index contributed by atoms with van der Waals surface area (Å²) in [5.74, 6) is 1.86. The number of hydrogen-bond donors (Lipinski definition) is 1. The zero-order chi connectivity index (χ0) is 18.5. The van der Waals surface area contributed by atoms with Crippen molar-refractivity contribution < 1.29 is 9.26 Å². The second kappa shape index (κ2) is 8.24. The first-order chi connectivity index (χ1) is 13.3. The number of aryl methyl sites for hydroxylation is 1. The van der Waals surface area contributed by atoms with E-state index in [4.69, 9.17) is 9.26 Å². The molecule has 1 saturated heterocycles. The molecule has 3 aromatic heterocycles. The van der Waals surface area contributed by atoms with Gasteiger partial charge in [0.1, 0.15) is 5.82 Å². The summed E-state index contributed by atoms with van der Waals surface area (Å²) in [5.41, 5.74) is 1.88. The molecule has 0 aromatic carbocycles. The summed E-state index contributed by atoms with van der Waals surface area (Å²) >= 11 is 0. The average Bonchev–Trinajstić information content (AvgIpc) is 3.16. The Hall–Kier alpha value is -2.84. The van der Waals surface area contributed by atoms with Crippen LogP contribution in [0.1, 0.15) is 17.6 Å². The van der Waals surface area contributed by atoms with Crippen LogP contribution < -0.4 is 5.32 Å². The lowest BCUT2D eigenvalue weighted by Gasteiger charge is -2.34. The van der Waals surface area contributed by atoms with Crippen LogP contribution in [0.15, 0.2) is 47.2 Å². The second-order valence-corrected chi connectivity index (χ2v) is 6.38. The molecular weight excluding hydrogens is 344 g/mol. The van der Waals surface area contributed by atoms with Gasteiger partial charge in [-0.1, -0.05) is 11.2 Å². The molecule has 140 valence electrons. The molecule has 1 N–H and O–H groups in total. The smallest absolute Gasteiger partial charge is 0.258 e. The third-order valence-corrected chi connectivity index (χ3v) is 4.53. The van der Waals surface area contributed by atoms with Gasteiger partial charge in [0.15, 0.2) is 5.82 Å². The van der Waals surface area contributed by atoms with Gasteiger partial charge in [0.25, 0.3) is 5.89 Å². The number of hydrogen-bond acceptors (Lipinski definition) is 8. The minimum atomic E-state index is 0.145. The van der Waals surface area contributed by atoms with E-state index in [1.807, 2.05) is 30.5 Å². The van der Waals surface area contributed by atoms with Crippen molar-refractivity contribution in [2.75, 3.05) is 38.2 Å². The van der Waals surface area contributed by atoms with Crippen molar-refractivity contribution in [1.82, 2.24) is 25.0 Å². The SMILES string of the molecule is Cc1noc(-c2ccnc(NCC(c3ccccn3)N3CCOCC3)c2)n1. The van der Waals surface area contributed by atoms with Gasteiger partial charge in [0.05, 0.1) is 24.9 Å². The van der Waals surface area contributed by atoms with Gasteiger partial charge in [0.2, 0.25) is 0 Å². The summed E-state index contributed by atoms with van der Waals surface area (Å²) in [5, 5.41) is 7.28. The molecule has 8 nitrogen and oxygen atoms in total. The van der Waals surface area contributed by atoms with Crippen LogP contribution >= 0.6 is 0 Å². The van der Waals surface area contributed by atoms with E-state index in [2.05, 4.69) is 36.4 Å². The lowest BCUT2D eigenvalue weighted by atomic mass is 10.1. The molecule has 1 fully saturated rings. The Morgan fingerprint density at radius 2 is 2.04 bits per heavy atom. The van der Waals surface area contributed by atoms with Crippen molar-refractivity contribution >= 4 is 5.82 Å². The molecule has 1 unspecified atom stereocenters. The van der Waals surface area contributed by atoms with Crippen LogP contribution in [0.25, 0.3) is 11.5 Å². The molecule has 1 aliphatic rings. The largest absolute Gasteiger partial charge is 0.379 e. The predicted octanol–water partition coefficient (Wildman–Crippen LogP) is 2.32. The standard InChI is InChI=1S/C19H22N6O2/c1-14-23-19(27-24-14)15-5-7-21-18(12-15)22-13-17(16-4-2-3-6-20-16)25-8-10-26-11-9-25/h2-7,12,17H,8-11,13H2,1H3,(H,21,22). The van der Waals surface area contributed by atoms with Crippen LogP contribution in [-0.4, -0.2) is 57.9 Å². The van der Waals surface area contributed by atoms with Crippen LogP contribution in [-0.2, 0) is 4.74 Å². The average molecular weight is 366 g/mol. The zero-order valence-electron chi connectivity index (χ0n) is 15.2. The minimum absolute atomic E-state index is 0.145. The molecule has 1 atom stereocenters. The van der Waals surface area contributed by atoms with Gasteiger partial charge >= 0.3 is 0 Å². The highest BCUT2D eigenvalue weighted by atomic mass is 16.5. The Balaban J connectivity index is 1.50. The monoisotopic (exact) mass is 366 g/mol. The van der Waals surface area contributed by atoms with E-state index in [9.17, 15) is 0 Å². The molecule has 4 rings (SSSR count). The maximum atomic E-state index is 5.50. The molecule has 0 spiro atoms. The van der Waals surface area contributed by atoms with Crippen molar-refractivity contribution in [3.63, 3.8) is 0 Å². The Labute approximate surface area is 157 Å². The van der Waals surface area contributed by atoms with Gasteiger partial charge in [0, 0.05) is 37.6 Å². The van der Waals surface area contributed by atoms with Crippen molar-refractivity contribution in [2.24, 2.45) is 0 Å². The van der Waals surface area contributed by atoms with Gasteiger partial charge in [-0.2, -0.15) is 4.98 Å². The third kappa shape index (κ3) is 4.29. The maximum Gasteiger partial charge on any atom is 0.258 e. The zero-order valence-corrected chi connectivity index (χ0v) is 15.2. The van der Waals surface area contributed by atoms with E-state index in [1.165, 1.54) is 0 Å². The molecule has 27 heavy (non-hydrogen) atoms. The number of pyridine rings is 2.